The Kier molecular flexibility index (Phi) is 5.18. The molecule has 2 heterocycles. The van der Waals surface area contributed by atoms with Crippen LogP contribution in [-0.2, 0) is 11.2 Å². The van der Waals surface area contributed by atoms with E-state index >= 15 is 0 Å². The van der Waals surface area contributed by atoms with Crippen molar-refractivity contribution in [3.8, 4) is 0 Å². The lowest BCUT2D eigenvalue weighted by atomic mass is 10.1. The van der Waals surface area contributed by atoms with E-state index in [4.69, 9.17) is 23.2 Å². The van der Waals surface area contributed by atoms with Crippen LogP contribution in [0.25, 0.3) is 0 Å². The Balaban J connectivity index is 1.67. The van der Waals surface area contributed by atoms with Crippen molar-refractivity contribution in [3.63, 3.8) is 0 Å². The van der Waals surface area contributed by atoms with Gasteiger partial charge in [0, 0.05) is 29.9 Å². The third kappa shape index (κ3) is 3.77. The minimum Gasteiger partial charge on any atom is -0.325 e. The molecule has 8 heteroatoms. The van der Waals surface area contributed by atoms with Crippen molar-refractivity contribution >= 4 is 45.6 Å². The molecule has 0 aliphatic carbocycles. The molecular weight excluding hydrogens is 367 g/mol. The minimum atomic E-state index is -0.359. The fraction of sp³-hybridized carbons (Fsp3) is 0.188. The Morgan fingerprint density at radius 2 is 2.25 bits per heavy atom. The second-order valence-electron chi connectivity index (χ2n) is 5.20. The van der Waals surface area contributed by atoms with E-state index in [1.165, 1.54) is 11.3 Å². The highest BCUT2D eigenvalue weighted by molar-refractivity contribution is 7.15. The van der Waals surface area contributed by atoms with Gasteiger partial charge < -0.3 is 9.88 Å². The van der Waals surface area contributed by atoms with Gasteiger partial charge in [0.1, 0.15) is 6.04 Å². The third-order valence-corrected chi connectivity index (χ3v) is 5.30. The van der Waals surface area contributed by atoms with Crippen LogP contribution in [0.2, 0.25) is 10.0 Å². The Hall–Kier alpha value is -1.89. The molecule has 0 bridgehead atoms. The molecule has 1 amide bonds. The number of hydrogen-bond acceptors (Lipinski definition) is 4. The number of anilines is 1. The highest BCUT2D eigenvalue weighted by atomic mass is 35.5. The van der Waals surface area contributed by atoms with E-state index in [-0.39, 0.29) is 11.9 Å². The van der Waals surface area contributed by atoms with Gasteiger partial charge in [-0.2, -0.15) is 0 Å². The summed E-state index contributed by atoms with van der Waals surface area (Å²) >= 11 is 13.7. The SMILES string of the molecule is C[C@H](C(=O)Nc1ncc(Cc2cccc(Cl)c2Cl)s1)n1ccnc1. The zero-order chi connectivity index (χ0) is 17.1. The van der Waals surface area contributed by atoms with E-state index < -0.39 is 0 Å². The highest BCUT2D eigenvalue weighted by Gasteiger charge is 2.16. The summed E-state index contributed by atoms with van der Waals surface area (Å²) in [5.41, 5.74) is 0.928. The van der Waals surface area contributed by atoms with E-state index in [1.54, 1.807) is 42.5 Å². The minimum absolute atomic E-state index is 0.144. The van der Waals surface area contributed by atoms with E-state index in [0.29, 0.717) is 21.6 Å². The van der Waals surface area contributed by atoms with Crippen LogP contribution in [0, 0.1) is 0 Å². The number of carbonyl (C=O) groups is 1. The number of thiazole rings is 1. The van der Waals surface area contributed by atoms with Gasteiger partial charge in [-0.3, -0.25) is 4.79 Å². The van der Waals surface area contributed by atoms with Crippen LogP contribution < -0.4 is 5.32 Å². The first-order valence-electron chi connectivity index (χ1n) is 7.20. The van der Waals surface area contributed by atoms with Crippen LogP contribution in [0.5, 0.6) is 0 Å². The average Bonchev–Trinajstić information content (AvgIpc) is 3.23. The van der Waals surface area contributed by atoms with Crippen molar-refractivity contribution in [2.24, 2.45) is 0 Å². The summed E-state index contributed by atoms with van der Waals surface area (Å²) in [5.74, 6) is -0.144. The number of amides is 1. The van der Waals surface area contributed by atoms with Gasteiger partial charge in [-0.25, -0.2) is 9.97 Å². The van der Waals surface area contributed by atoms with Crippen molar-refractivity contribution in [2.45, 2.75) is 19.4 Å². The van der Waals surface area contributed by atoms with E-state index in [9.17, 15) is 4.79 Å². The number of nitrogens with zero attached hydrogens (tertiary/aromatic N) is 3. The molecule has 1 aromatic carbocycles. The monoisotopic (exact) mass is 380 g/mol. The fourth-order valence-electron chi connectivity index (χ4n) is 2.16. The number of aromatic nitrogens is 3. The maximum atomic E-state index is 12.2. The maximum Gasteiger partial charge on any atom is 0.248 e. The Labute approximate surface area is 153 Å². The average molecular weight is 381 g/mol. The first kappa shape index (κ1) is 17.0. The standard InChI is InChI=1S/C16H14Cl2N4OS/c1-10(22-6-5-19-9-22)15(23)21-16-20-8-12(24-16)7-11-3-2-4-13(17)14(11)18/h2-6,8-10H,7H2,1H3,(H,20,21,23)/t10-/m1/s1. The number of hydrogen-bond donors (Lipinski definition) is 1. The molecule has 5 nitrogen and oxygen atoms in total. The molecule has 24 heavy (non-hydrogen) atoms. The van der Waals surface area contributed by atoms with Crippen LogP contribution in [0.3, 0.4) is 0 Å². The second-order valence-corrected chi connectivity index (χ2v) is 7.10. The van der Waals surface area contributed by atoms with Gasteiger partial charge in [-0.1, -0.05) is 35.3 Å². The predicted octanol–water partition coefficient (Wildman–Crippen LogP) is 4.44. The zero-order valence-corrected chi connectivity index (χ0v) is 15.1. The summed E-state index contributed by atoms with van der Waals surface area (Å²) in [6, 6.07) is 5.18. The van der Waals surface area contributed by atoms with Gasteiger partial charge in [-0.15, -0.1) is 11.3 Å². The lowest BCUT2D eigenvalue weighted by Gasteiger charge is -2.11. The zero-order valence-electron chi connectivity index (χ0n) is 12.7. The summed E-state index contributed by atoms with van der Waals surface area (Å²) in [6.45, 7) is 1.80. The molecule has 0 unspecified atom stereocenters. The van der Waals surface area contributed by atoms with E-state index in [2.05, 4.69) is 15.3 Å². The quantitative estimate of drug-likeness (QED) is 0.711. The first-order valence-corrected chi connectivity index (χ1v) is 8.77. The molecule has 3 aromatic rings. The van der Waals surface area contributed by atoms with Gasteiger partial charge in [0.25, 0.3) is 0 Å². The van der Waals surface area contributed by atoms with Gasteiger partial charge in [0.05, 0.1) is 16.4 Å². The lowest BCUT2D eigenvalue weighted by Crippen LogP contribution is -2.22. The topological polar surface area (TPSA) is 59.8 Å². The van der Waals surface area contributed by atoms with Crippen LogP contribution in [0.1, 0.15) is 23.4 Å². The predicted molar refractivity (Wildman–Crippen MR) is 96.9 cm³/mol. The molecular formula is C16H14Cl2N4OS. The first-order chi connectivity index (χ1) is 11.5. The largest absolute Gasteiger partial charge is 0.325 e. The number of rotatable bonds is 5. The molecule has 2 aromatic heterocycles. The maximum absolute atomic E-state index is 12.2. The van der Waals surface area contributed by atoms with E-state index in [1.807, 2.05) is 12.1 Å². The second kappa shape index (κ2) is 7.34. The summed E-state index contributed by atoms with van der Waals surface area (Å²) in [5, 5.41) is 4.46. The summed E-state index contributed by atoms with van der Waals surface area (Å²) in [7, 11) is 0. The van der Waals surface area contributed by atoms with Crippen LogP contribution >= 0.6 is 34.5 Å². The Morgan fingerprint density at radius 1 is 1.42 bits per heavy atom. The number of benzene rings is 1. The molecule has 0 saturated carbocycles. The molecule has 3 rings (SSSR count). The number of carbonyl (C=O) groups excluding carboxylic acids is 1. The van der Waals surface area contributed by atoms with Crippen molar-refractivity contribution in [1.29, 1.82) is 0 Å². The van der Waals surface area contributed by atoms with Gasteiger partial charge in [-0.05, 0) is 18.6 Å². The van der Waals surface area contributed by atoms with Gasteiger partial charge in [0.2, 0.25) is 5.91 Å². The molecule has 0 fully saturated rings. The molecule has 124 valence electrons. The smallest absolute Gasteiger partial charge is 0.248 e. The molecule has 1 atom stereocenters. The summed E-state index contributed by atoms with van der Waals surface area (Å²) in [6.07, 6.45) is 7.35. The van der Waals surface area contributed by atoms with Gasteiger partial charge in [0.15, 0.2) is 5.13 Å². The molecule has 0 radical (unpaired) electrons. The molecule has 0 aliphatic heterocycles. The van der Waals surface area contributed by atoms with Crippen LogP contribution in [0.4, 0.5) is 5.13 Å². The van der Waals surface area contributed by atoms with Crippen molar-refractivity contribution in [2.75, 3.05) is 5.32 Å². The van der Waals surface area contributed by atoms with Crippen LogP contribution in [-0.4, -0.2) is 20.4 Å². The summed E-state index contributed by atoms with van der Waals surface area (Å²) in [4.78, 5) is 21.4. The number of nitrogens with one attached hydrogen (secondary N) is 1. The van der Waals surface area contributed by atoms with Crippen LogP contribution in [0.15, 0.2) is 43.1 Å². The fourth-order valence-corrected chi connectivity index (χ4v) is 3.39. The third-order valence-electron chi connectivity index (χ3n) is 3.53. The van der Waals surface area contributed by atoms with E-state index in [0.717, 1.165) is 10.4 Å². The van der Waals surface area contributed by atoms with Crippen molar-refractivity contribution in [3.05, 3.63) is 63.6 Å². The molecule has 0 saturated heterocycles. The Morgan fingerprint density at radius 3 is 3.00 bits per heavy atom. The molecule has 1 N–H and O–H groups in total. The molecule has 0 aliphatic rings. The highest BCUT2D eigenvalue weighted by Crippen LogP contribution is 2.29. The molecule has 0 spiro atoms. The number of imidazole rings is 1. The Bertz CT molecular complexity index is 848. The normalized spacial score (nSPS) is 12.1. The van der Waals surface area contributed by atoms with Crippen molar-refractivity contribution < 1.29 is 4.79 Å². The lowest BCUT2D eigenvalue weighted by molar-refractivity contribution is -0.118. The number of halogens is 2. The summed E-state index contributed by atoms with van der Waals surface area (Å²) < 4.78 is 1.73. The van der Waals surface area contributed by atoms with Crippen molar-refractivity contribution in [1.82, 2.24) is 14.5 Å². The van der Waals surface area contributed by atoms with Gasteiger partial charge >= 0.3 is 0 Å².